The van der Waals surface area contributed by atoms with Gasteiger partial charge in [-0.1, -0.05) is 0 Å². The molecule has 19 heavy (non-hydrogen) atoms. The largest absolute Gasteiger partial charge is 0.308 e. The summed E-state index contributed by atoms with van der Waals surface area (Å²) in [5.41, 5.74) is 3.89. The number of fused-ring (bicyclic) bond motifs is 1. The molecule has 5 nitrogen and oxygen atoms in total. The van der Waals surface area contributed by atoms with E-state index in [1.807, 2.05) is 12.3 Å². The lowest BCUT2D eigenvalue weighted by Crippen LogP contribution is -2.54. The molecule has 0 aromatic carbocycles. The molecule has 3 rings (SSSR count). The van der Waals surface area contributed by atoms with Crippen LogP contribution in [0.4, 0.5) is 5.82 Å². The molecule has 0 radical (unpaired) electrons. The van der Waals surface area contributed by atoms with Crippen molar-refractivity contribution in [2.45, 2.75) is 38.4 Å². The van der Waals surface area contributed by atoms with Crippen molar-refractivity contribution >= 4 is 5.82 Å². The first kappa shape index (κ1) is 12.8. The van der Waals surface area contributed by atoms with Crippen LogP contribution in [0.3, 0.4) is 0 Å². The van der Waals surface area contributed by atoms with Crippen molar-refractivity contribution < 1.29 is 0 Å². The highest BCUT2D eigenvalue weighted by molar-refractivity contribution is 5.35. The van der Waals surface area contributed by atoms with Crippen LogP contribution in [0.1, 0.15) is 25.3 Å². The lowest BCUT2D eigenvalue weighted by atomic mass is 10.1. The van der Waals surface area contributed by atoms with Gasteiger partial charge in [0.1, 0.15) is 5.82 Å². The van der Waals surface area contributed by atoms with Gasteiger partial charge in [0.25, 0.3) is 0 Å². The lowest BCUT2D eigenvalue weighted by Gasteiger charge is -2.42. The van der Waals surface area contributed by atoms with E-state index in [0.29, 0.717) is 6.04 Å². The average molecular weight is 261 g/mol. The Morgan fingerprint density at radius 3 is 3.21 bits per heavy atom. The Bertz CT molecular complexity index is 436. The van der Waals surface area contributed by atoms with Crippen molar-refractivity contribution in [3.63, 3.8) is 0 Å². The van der Waals surface area contributed by atoms with Gasteiger partial charge in [-0.05, 0) is 44.0 Å². The van der Waals surface area contributed by atoms with Gasteiger partial charge in [0.05, 0.1) is 0 Å². The predicted molar refractivity (Wildman–Crippen MR) is 76.5 cm³/mol. The molecule has 2 unspecified atom stereocenters. The summed E-state index contributed by atoms with van der Waals surface area (Å²) in [6, 6.07) is 5.50. The van der Waals surface area contributed by atoms with Crippen LogP contribution >= 0.6 is 0 Å². The number of nitrogens with one attached hydrogen (secondary N) is 1. The molecule has 2 aliphatic heterocycles. The van der Waals surface area contributed by atoms with Crippen LogP contribution in [-0.2, 0) is 6.54 Å². The molecule has 2 aliphatic rings. The van der Waals surface area contributed by atoms with E-state index in [4.69, 9.17) is 5.84 Å². The van der Waals surface area contributed by atoms with Crippen LogP contribution in [0, 0.1) is 0 Å². The second-order valence-corrected chi connectivity index (χ2v) is 5.76. The van der Waals surface area contributed by atoms with Gasteiger partial charge in [0.2, 0.25) is 0 Å². The minimum absolute atomic E-state index is 0.622. The molecule has 2 saturated heterocycles. The van der Waals surface area contributed by atoms with Crippen molar-refractivity contribution in [1.29, 1.82) is 0 Å². The molecule has 0 bridgehead atoms. The summed E-state index contributed by atoms with van der Waals surface area (Å²) in [4.78, 5) is 9.40. The third kappa shape index (κ3) is 2.73. The SMILES string of the molecule is CC1CN2CCCC2CN1Cc1ccnc(NN)c1. The standard InChI is InChI=1S/C14H23N5/c1-11-8-18-6-2-3-13(18)10-19(11)9-12-4-5-16-14(7-12)17-15/h4-5,7,11,13H,2-3,6,8-10,15H2,1H3,(H,16,17). The molecule has 1 aromatic heterocycles. The first-order valence-electron chi connectivity index (χ1n) is 7.16. The molecule has 2 atom stereocenters. The minimum Gasteiger partial charge on any atom is -0.308 e. The molecule has 0 amide bonds. The van der Waals surface area contributed by atoms with E-state index in [1.165, 1.54) is 38.0 Å². The number of nitrogens with zero attached hydrogens (tertiary/aromatic N) is 3. The molecule has 0 aliphatic carbocycles. The number of hydrazine groups is 1. The number of aromatic nitrogens is 1. The number of nitrogen functional groups attached to an aromatic ring is 1. The maximum Gasteiger partial charge on any atom is 0.140 e. The Labute approximate surface area is 114 Å². The molecule has 3 heterocycles. The molecule has 2 fully saturated rings. The Hall–Kier alpha value is -1.17. The first-order chi connectivity index (χ1) is 9.26. The van der Waals surface area contributed by atoms with Gasteiger partial charge in [-0.2, -0.15) is 0 Å². The van der Waals surface area contributed by atoms with Crippen molar-refractivity contribution in [2.75, 3.05) is 25.1 Å². The maximum absolute atomic E-state index is 5.42. The van der Waals surface area contributed by atoms with Gasteiger partial charge in [-0.3, -0.25) is 9.80 Å². The summed E-state index contributed by atoms with van der Waals surface area (Å²) >= 11 is 0. The van der Waals surface area contributed by atoms with E-state index in [2.05, 4.69) is 33.2 Å². The zero-order chi connectivity index (χ0) is 13.2. The van der Waals surface area contributed by atoms with Crippen LogP contribution in [0.5, 0.6) is 0 Å². The maximum atomic E-state index is 5.42. The van der Waals surface area contributed by atoms with E-state index in [0.717, 1.165) is 18.4 Å². The quantitative estimate of drug-likeness (QED) is 0.629. The summed E-state index contributed by atoms with van der Waals surface area (Å²) in [7, 11) is 0. The topological polar surface area (TPSA) is 57.4 Å². The first-order valence-corrected chi connectivity index (χ1v) is 7.16. The molecule has 0 saturated carbocycles. The number of nitrogens with two attached hydrogens (primary N) is 1. The van der Waals surface area contributed by atoms with E-state index in [-0.39, 0.29) is 0 Å². The summed E-state index contributed by atoms with van der Waals surface area (Å²) in [6.07, 6.45) is 4.54. The summed E-state index contributed by atoms with van der Waals surface area (Å²) in [6.45, 7) is 7.01. The van der Waals surface area contributed by atoms with E-state index >= 15 is 0 Å². The summed E-state index contributed by atoms with van der Waals surface area (Å²) in [5.74, 6) is 6.16. The third-order valence-corrected chi connectivity index (χ3v) is 4.42. The van der Waals surface area contributed by atoms with Crippen LogP contribution < -0.4 is 11.3 Å². The molecule has 3 N–H and O–H groups in total. The van der Waals surface area contributed by atoms with Gasteiger partial charge in [0, 0.05) is 37.9 Å². The van der Waals surface area contributed by atoms with Crippen molar-refractivity contribution in [2.24, 2.45) is 5.84 Å². The highest BCUT2D eigenvalue weighted by Crippen LogP contribution is 2.25. The smallest absolute Gasteiger partial charge is 0.140 e. The molecule has 5 heteroatoms. The number of rotatable bonds is 3. The number of anilines is 1. The fraction of sp³-hybridized carbons (Fsp3) is 0.643. The van der Waals surface area contributed by atoms with Crippen molar-refractivity contribution in [1.82, 2.24) is 14.8 Å². The van der Waals surface area contributed by atoms with Gasteiger partial charge in [0.15, 0.2) is 0 Å². The summed E-state index contributed by atoms with van der Waals surface area (Å²) < 4.78 is 0. The van der Waals surface area contributed by atoms with Crippen molar-refractivity contribution in [3.8, 4) is 0 Å². The van der Waals surface area contributed by atoms with Gasteiger partial charge in [-0.25, -0.2) is 10.8 Å². The van der Waals surface area contributed by atoms with E-state index in [1.54, 1.807) is 0 Å². The fourth-order valence-electron chi connectivity index (χ4n) is 3.35. The number of piperazine rings is 1. The third-order valence-electron chi connectivity index (χ3n) is 4.42. The van der Waals surface area contributed by atoms with Crippen LogP contribution in [-0.4, -0.2) is 46.5 Å². The van der Waals surface area contributed by atoms with Gasteiger partial charge >= 0.3 is 0 Å². The average Bonchev–Trinajstić information content (AvgIpc) is 2.86. The number of hydrogen-bond donors (Lipinski definition) is 2. The van der Waals surface area contributed by atoms with Crippen molar-refractivity contribution in [3.05, 3.63) is 23.9 Å². The number of pyridine rings is 1. The molecule has 104 valence electrons. The van der Waals surface area contributed by atoms with Gasteiger partial charge < -0.3 is 5.43 Å². The predicted octanol–water partition coefficient (Wildman–Crippen LogP) is 1.04. The normalized spacial score (nSPS) is 28.3. The Balaban J connectivity index is 1.68. The number of hydrogen-bond acceptors (Lipinski definition) is 5. The highest BCUT2D eigenvalue weighted by atomic mass is 15.3. The second kappa shape index (κ2) is 5.45. The van der Waals surface area contributed by atoms with Crippen LogP contribution in [0.15, 0.2) is 18.3 Å². The molecule has 1 aromatic rings. The van der Waals surface area contributed by atoms with Crippen LogP contribution in [0.2, 0.25) is 0 Å². The highest BCUT2D eigenvalue weighted by Gasteiger charge is 2.34. The van der Waals surface area contributed by atoms with Gasteiger partial charge in [-0.15, -0.1) is 0 Å². The second-order valence-electron chi connectivity index (χ2n) is 5.76. The molecule has 0 spiro atoms. The monoisotopic (exact) mass is 261 g/mol. The summed E-state index contributed by atoms with van der Waals surface area (Å²) in [5, 5.41) is 0. The van der Waals surface area contributed by atoms with Crippen LogP contribution in [0.25, 0.3) is 0 Å². The Morgan fingerprint density at radius 2 is 2.37 bits per heavy atom. The zero-order valence-electron chi connectivity index (χ0n) is 11.5. The Kier molecular flexibility index (Phi) is 3.68. The van der Waals surface area contributed by atoms with E-state index < -0.39 is 0 Å². The Morgan fingerprint density at radius 1 is 1.47 bits per heavy atom. The molecular formula is C14H23N5. The molecular weight excluding hydrogens is 238 g/mol. The minimum atomic E-state index is 0.622. The fourth-order valence-corrected chi connectivity index (χ4v) is 3.35. The van der Waals surface area contributed by atoms with E-state index in [9.17, 15) is 0 Å². The zero-order valence-corrected chi connectivity index (χ0v) is 11.5. The lowest BCUT2D eigenvalue weighted by molar-refractivity contribution is 0.0540.